The molecule has 2 aromatic rings. The van der Waals surface area contributed by atoms with Gasteiger partial charge < -0.3 is 10.2 Å². The number of rotatable bonds is 3. The van der Waals surface area contributed by atoms with Crippen LogP contribution in [0.4, 0.5) is 14.9 Å². The smallest absolute Gasteiger partial charge is 0.318 e. The molecule has 1 aromatic heterocycles. The second-order valence-corrected chi connectivity index (χ2v) is 7.09. The summed E-state index contributed by atoms with van der Waals surface area (Å²) in [5, 5.41) is 7.49. The molecule has 2 amide bonds. The molecule has 2 aliphatic rings. The lowest BCUT2D eigenvalue weighted by molar-refractivity contribution is 0.204. The second-order valence-electron chi connectivity index (χ2n) is 7.09. The van der Waals surface area contributed by atoms with Gasteiger partial charge in [0.15, 0.2) is 0 Å². The van der Waals surface area contributed by atoms with E-state index in [1.54, 1.807) is 17.0 Å². The number of amides is 2. The maximum Gasteiger partial charge on any atom is 0.322 e. The van der Waals surface area contributed by atoms with Gasteiger partial charge in [0.2, 0.25) is 0 Å². The van der Waals surface area contributed by atoms with Crippen LogP contribution in [0.3, 0.4) is 0 Å². The Morgan fingerprint density at radius 2 is 2.08 bits per heavy atom. The van der Waals surface area contributed by atoms with Crippen LogP contribution >= 0.6 is 0 Å². The molecule has 3 heterocycles. The molecule has 1 saturated heterocycles. The molecule has 7 heteroatoms. The van der Waals surface area contributed by atoms with Crippen molar-refractivity contribution in [3.05, 3.63) is 47.0 Å². The first-order valence-electron chi connectivity index (χ1n) is 9.17. The zero-order valence-electron chi connectivity index (χ0n) is 15.0. The number of hydrogen-bond acceptors (Lipinski definition) is 3. The third-order valence-electron chi connectivity index (χ3n) is 5.27. The van der Waals surface area contributed by atoms with Crippen molar-refractivity contribution in [1.82, 2.24) is 19.6 Å². The maximum absolute atomic E-state index is 13.3. The molecule has 1 fully saturated rings. The van der Waals surface area contributed by atoms with Crippen molar-refractivity contribution >= 4 is 11.7 Å². The molecule has 4 rings (SSSR count). The highest BCUT2D eigenvalue weighted by atomic mass is 19.1. The van der Waals surface area contributed by atoms with Crippen molar-refractivity contribution in [1.29, 1.82) is 0 Å². The summed E-state index contributed by atoms with van der Waals surface area (Å²) in [4.78, 5) is 16.7. The molecule has 0 saturated carbocycles. The molecule has 0 spiro atoms. The molecule has 0 radical (unpaired) electrons. The van der Waals surface area contributed by atoms with Crippen LogP contribution in [-0.2, 0) is 26.6 Å². The Bertz CT molecular complexity index is 812. The number of anilines is 1. The lowest BCUT2D eigenvalue weighted by Gasteiger charge is -2.28. The molecule has 138 valence electrons. The number of benzene rings is 1. The van der Waals surface area contributed by atoms with Gasteiger partial charge in [-0.1, -0.05) is 6.07 Å². The molecule has 2 aliphatic heterocycles. The Kier molecular flexibility index (Phi) is 4.63. The topological polar surface area (TPSA) is 53.4 Å². The number of urea groups is 1. The summed E-state index contributed by atoms with van der Waals surface area (Å²) < 4.78 is 15.2. The second kappa shape index (κ2) is 7.07. The van der Waals surface area contributed by atoms with Crippen molar-refractivity contribution in [2.45, 2.75) is 32.4 Å². The van der Waals surface area contributed by atoms with Crippen LogP contribution in [0.5, 0.6) is 0 Å². The van der Waals surface area contributed by atoms with Gasteiger partial charge in [0.1, 0.15) is 5.82 Å². The fourth-order valence-corrected chi connectivity index (χ4v) is 3.88. The highest BCUT2D eigenvalue weighted by molar-refractivity contribution is 5.89. The van der Waals surface area contributed by atoms with Crippen molar-refractivity contribution < 1.29 is 9.18 Å². The van der Waals surface area contributed by atoms with Gasteiger partial charge in [-0.2, -0.15) is 5.10 Å². The highest BCUT2D eigenvalue weighted by Crippen LogP contribution is 2.24. The van der Waals surface area contributed by atoms with Crippen LogP contribution < -0.4 is 5.32 Å². The third-order valence-corrected chi connectivity index (χ3v) is 5.27. The van der Waals surface area contributed by atoms with E-state index in [4.69, 9.17) is 5.10 Å². The summed E-state index contributed by atoms with van der Waals surface area (Å²) >= 11 is 0. The van der Waals surface area contributed by atoms with Crippen molar-refractivity contribution in [3.63, 3.8) is 0 Å². The first-order chi connectivity index (χ1) is 12.6. The van der Waals surface area contributed by atoms with Gasteiger partial charge in [-0.05, 0) is 50.6 Å². The largest absolute Gasteiger partial charge is 0.322 e. The molecule has 0 aliphatic carbocycles. The van der Waals surface area contributed by atoms with Gasteiger partial charge in [0, 0.05) is 31.4 Å². The van der Waals surface area contributed by atoms with E-state index < -0.39 is 0 Å². The van der Waals surface area contributed by atoms with Crippen LogP contribution in [0.1, 0.15) is 29.8 Å². The van der Waals surface area contributed by atoms with Crippen LogP contribution in [-0.4, -0.2) is 45.2 Å². The molecule has 0 atom stereocenters. The molecular weight excluding hydrogens is 333 g/mol. The summed E-state index contributed by atoms with van der Waals surface area (Å²) in [6.45, 7) is 4.37. The fraction of sp³-hybridized carbons (Fsp3) is 0.474. The van der Waals surface area contributed by atoms with Gasteiger partial charge >= 0.3 is 6.03 Å². The lowest BCUT2D eigenvalue weighted by atomic mass is 10.0. The first-order valence-corrected chi connectivity index (χ1v) is 9.17. The number of hydrogen-bond donors (Lipinski definition) is 1. The predicted octanol–water partition coefficient (Wildman–Crippen LogP) is 2.75. The predicted molar refractivity (Wildman–Crippen MR) is 97.3 cm³/mol. The number of fused-ring (bicyclic) bond motifs is 1. The average Bonchev–Trinajstić information content (AvgIpc) is 3.24. The van der Waals surface area contributed by atoms with Crippen molar-refractivity contribution in [3.8, 4) is 0 Å². The van der Waals surface area contributed by atoms with Crippen LogP contribution in [0, 0.1) is 5.82 Å². The third kappa shape index (κ3) is 3.44. The number of aromatic nitrogens is 2. The lowest BCUT2D eigenvalue weighted by Crippen LogP contribution is -2.39. The maximum atomic E-state index is 13.3. The van der Waals surface area contributed by atoms with Gasteiger partial charge in [-0.25, -0.2) is 9.18 Å². The minimum atomic E-state index is -0.359. The summed E-state index contributed by atoms with van der Waals surface area (Å²) in [6, 6.07) is 5.76. The van der Waals surface area contributed by atoms with Crippen LogP contribution in [0.2, 0.25) is 0 Å². The summed E-state index contributed by atoms with van der Waals surface area (Å²) in [5.41, 5.74) is 4.00. The molecule has 1 aromatic carbocycles. The minimum Gasteiger partial charge on any atom is -0.318 e. The number of nitrogens with one attached hydrogen (secondary N) is 1. The molecule has 26 heavy (non-hydrogen) atoms. The van der Waals surface area contributed by atoms with E-state index in [9.17, 15) is 9.18 Å². The van der Waals surface area contributed by atoms with Crippen molar-refractivity contribution in [2.24, 2.45) is 7.05 Å². The fourth-order valence-electron chi connectivity index (χ4n) is 3.88. The SMILES string of the molecule is Cn1nc(CN2CCCC2)c2c1CN(C(=O)Nc1cccc(F)c1)CC2. The van der Waals surface area contributed by atoms with Gasteiger partial charge in [-0.15, -0.1) is 0 Å². The Hall–Kier alpha value is -2.41. The standard InChI is InChI=1S/C19H24FN5O/c1-23-18-13-25(19(26)21-15-6-4-5-14(20)11-15)10-7-16(18)17(22-23)12-24-8-2-3-9-24/h4-6,11H,2-3,7-10,12-13H2,1H3,(H,21,26). The van der Waals surface area contributed by atoms with Crippen LogP contribution in [0.25, 0.3) is 0 Å². The van der Waals surface area contributed by atoms with Gasteiger partial charge in [-0.3, -0.25) is 9.58 Å². The number of carbonyl (C=O) groups excluding carboxylic acids is 1. The van der Waals surface area contributed by atoms with Crippen molar-refractivity contribution in [2.75, 3.05) is 25.0 Å². The normalized spacial score (nSPS) is 17.4. The van der Waals surface area contributed by atoms with E-state index in [1.807, 2.05) is 11.7 Å². The van der Waals surface area contributed by atoms with E-state index in [1.165, 1.54) is 30.5 Å². The molecule has 6 nitrogen and oxygen atoms in total. The monoisotopic (exact) mass is 357 g/mol. The highest BCUT2D eigenvalue weighted by Gasteiger charge is 2.27. The number of likely N-dealkylation sites (tertiary alicyclic amines) is 1. The van der Waals surface area contributed by atoms with Gasteiger partial charge in [0.05, 0.1) is 17.9 Å². The Morgan fingerprint density at radius 3 is 2.85 bits per heavy atom. The molecule has 0 bridgehead atoms. The van der Waals surface area contributed by atoms with E-state index in [-0.39, 0.29) is 11.8 Å². The minimum absolute atomic E-state index is 0.205. The van der Waals surface area contributed by atoms with Crippen LogP contribution in [0.15, 0.2) is 24.3 Å². The Morgan fingerprint density at radius 1 is 1.27 bits per heavy atom. The van der Waals surface area contributed by atoms with E-state index >= 15 is 0 Å². The molecule has 1 N–H and O–H groups in total. The Labute approximate surface area is 152 Å². The zero-order chi connectivity index (χ0) is 18.1. The quantitative estimate of drug-likeness (QED) is 0.919. The summed E-state index contributed by atoms with van der Waals surface area (Å²) in [6.07, 6.45) is 3.34. The number of nitrogens with zero attached hydrogens (tertiary/aromatic N) is 4. The molecular formula is C19H24FN5O. The van der Waals surface area contributed by atoms with E-state index in [0.717, 1.165) is 37.4 Å². The summed E-state index contributed by atoms with van der Waals surface area (Å²) in [7, 11) is 1.94. The summed E-state index contributed by atoms with van der Waals surface area (Å²) in [5.74, 6) is -0.359. The number of halogens is 1. The zero-order valence-corrected chi connectivity index (χ0v) is 15.0. The average molecular weight is 357 g/mol. The van der Waals surface area contributed by atoms with E-state index in [2.05, 4.69) is 10.2 Å². The number of aryl methyl sites for hydroxylation is 1. The first kappa shape index (κ1) is 17.0. The molecule has 0 unspecified atom stereocenters. The van der Waals surface area contributed by atoms with Gasteiger partial charge in [0.25, 0.3) is 0 Å². The van der Waals surface area contributed by atoms with E-state index in [0.29, 0.717) is 18.8 Å². The number of carbonyl (C=O) groups is 1. The Balaban J connectivity index is 1.45.